The zero-order valence-corrected chi connectivity index (χ0v) is 40.2. The number of anilines is 2. The number of fused-ring (bicyclic) bond motifs is 2. The Morgan fingerprint density at radius 3 is 0.944 bits per heavy atom. The Balaban J connectivity index is 0.630. The van der Waals surface area contributed by atoms with Crippen LogP contribution in [0.4, 0.5) is 11.4 Å². The number of amides is 8. The van der Waals surface area contributed by atoms with E-state index in [2.05, 4.69) is 21.3 Å². The Bertz CT molecular complexity index is 2030. The summed E-state index contributed by atoms with van der Waals surface area (Å²) in [6.07, 6.45) is 0.294. The van der Waals surface area contributed by atoms with Crippen LogP contribution in [0, 0.1) is 0 Å². The molecule has 24 nitrogen and oxygen atoms in total. The van der Waals surface area contributed by atoms with E-state index in [1.54, 1.807) is 36.4 Å². The number of imide groups is 4. The van der Waals surface area contributed by atoms with Gasteiger partial charge in [0.05, 0.1) is 154 Å². The van der Waals surface area contributed by atoms with Crippen molar-refractivity contribution in [2.45, 2.75) is 37.8 Å². The highest BCUT2D eigenvalue weighted by molar-refractivity contribution is 6.26. The van der Waals surface area contributed by atoms with Gasteiger partial charge in [-0.2, -0.15) is 0 Å². The molecule has 4 aliphatic heterocycles. The lowest BCUT2D eigenvalue weighted by Crippen LogP contribution is -2.54. The lowest BCUT2D eigenvalue weighted by Gasteiger charge is -2.27. The average molecular weight is 1010 g/mol. The predicted molar refractivity (Wildman–Crippen MR) is 251 cm³/mol. The van der Waals surface area contributed by atoms with Crippen molar-refractivity contribution in [1.82, 2.24) is 20.4 Å². The summed E-state index contributed by atoms with van der Waals surface area (Å²) in [5, 5.41) is 10.6. The van der Waals surface area contributed by atoms with Gasteiger partial charge in [0, 0.05) is 37.3 Å². The monoisotopic (exact) mass is 1010 g/mol. The average Bonchev–Trinajstić information content (AvgIpc) is 3.78. The first-order valence-electron chi connectivity index (χ1n) is 24.1. The Hall–Kier alpha value is -5.80. The summed E-state index contributed by atoms with van der Waals surface area (Å²) in [4.78, 5) is 102. The van der Waals surface area contributed by atoms with Crippen LogP contribution in [0.15, 0.2) is 36.4 Å². The zero-order chi connectivity index (χ0) is 50.9. The molecule has 6 rings (SSSR count). The third-order valence-electron chi connectivity index (χ3n) is 11.4. The number of rotatable bonds is 37. The van der Waals surface area contributed by atoms with Gasteiger partial charge in [-0.3, -0.25) is 58.8 Å². The predicted octanol–water partition coefficient (Wildman–Crippen LogP) is 0.179. The quantitative estimate of drug-likeness (QED) is 0.0519. The summed E-state index contributed by atoms with van der Waals surface area (Å²) in [5.41, 5.74) is 1.74. The van der Waals surface area contributed by atoms with Crippen molar-refractivity contribution in [3.05, 3.63) is 58.7 Å². The normalized spacial score (nSPS) is 17.7. The number of nitrogens with zero attached hydrogens (tertiary/aromatic N) is 2. The molecule has 2 unspecified atom stereocenters. The van der Waals surface area contributed by atoms with E-state index in [9.17, 15) is 38.4 Å². The van der Waals surface area contributed by atoms with Crippen molar-refractivity contribution in [3.8, 4) is 0 Å². The van der Waals surface area contributed by atoms with Gasteiger partial charge >= 0.3 is 0 Å². The molecule has 4 N–H and O–H groups in total. The fraction of sp³-hybridized carbons (Fsp3) is 0.583. The molecule has 2 aromatic carbocycles. The number of hydrogen-bond donors (Lipinski definition) is 4. The number of nitrogens with one attached hydrogen (secondary N) is 4. The van der Waals surface area contributed by atoms with Crippen LogP contribution in [-0.2, 0) is 66.5 Å². The van der Waals surface area contributed by atoms with Crippen LogP contribution in [-0.4, -0.2) is 214 Å². The van der Waals surface area contributed by atoms with Crippen molar-refractivity contribution in [3.63, 3.8) is 0 Å². The van der Waals surface area contributed by atoms with Gasteiger partial charge in [0.2, 0.25) is 23.6 Å². The van der Waals surface area contributed by atoms with E-state index in [1.165, 1.54) is 0 Å². The molecule has 72 heavy (non-hydrogen) atoms. The second-order valence-corrected chi connectivity index (χ2v) is 16.3. The Kier molecular flexibility index (Phi) is 23.3. The Morgan fingerprint density at radius 2 is 0.667 bits per heavy atom. The summed E-state index contributed by atoms with van der Waals surface area (Å²) in [7, 11) is 0. The molecular formula is C48H64N6O18. The SMILES string of the molecule is O=C1CCC(N2C(=O)c3cccc(NCCOCCOCCOCCOCCOCCOCCOCCOCCOCCOCCNc4cccc5c4C(=O)N(C4CCC(=O)NC4=O)C5=O)c3C2=O)C(=O)N1. The molecule has 2 fully saturated rings. The van der Waals surface area contributed by atoms with Crippen LogP contribution in [0.2, 0.25) is 0 Å². The van der Waals surface area contributed by atoms with E-state index < -0.39 is 59.3 Å². The largest absolute Gasteiger partial charge is 0.382 e. The van der Waals surface area contributed by atoms with E-state index in [1.807, 2.05) is 0 Å². The third-order valence-corrected chi connectivity index (χ3v) is 11.4. The maximum absolute atomic E-state index is 13.2. The lowest BCUT2D eigenvalue weighted by molar-refractivity contribution is -0.137. The summed E-state index contributed by atoms with van der Waals surface area (Å²) < 4.78 is 55.3. The van der Waals surface area contributed by atoms with Gasteiger partial charge in [-0.25, -0.2) is 0 Å². The molecule has 0 radical (unpaired) electrons. The number of ether oxygens (including phenoxy) is 10. The third kappa shape index (κ3) is 16.4. The van der Waals surface area contributed by atoms with Gasteiger partial charge in [0.1, 0.15) is 12.1 Å². The van der Waals surface area contributed by atoms with Crippen molar-refractivity contribution < 1.29 is 85.7 Å². The zero-order valence-electron chi connectivity index (χ0n) is 40.2. The smallest absolute Gasteiger partial charge is 0.264 e. The van der Waals surface area contributed by atoms with Crippen LogP contribution >= 0.6 is 0 Å². The van der Waals surface area contributed by atoms with Crippen LogP contribution < -0.4 is 21.3 Å². The molecule has 2 atom stereocenters. The van der Waals surface area contributed by atoms with Gasteiger partial charge in [0.25, 0.3) is 23.6 Å². The molecule has 0 aromatic heterocycles. The molecule has 2 saturated heterocycles. The first-order valence-corrected chi connectivity index (χ1v) is 24.1. The molecule has 0 aliphatic carbocycles. The van der Waals surface area contributed by atoms with Crippen LogP contribution in [0.1, 0.15) is 67.1 Å². The maximum Gasteiger partial charge on any atom is 0.264 e. The van der Waals surface area contributed by atoms with Gasteiger partial charge < -0.3 is 58.0 Å². The second kappa shape index (κ2) is 30.3. The minimum absolute atomic E-state index is 0.0548. The molecule has 24 heteroatoms. The lowest BCUT2D eigenvalue weighted by atomic mass is 10.0. The van der Waals surface area contributed by atoms with Gasteiger partial charge in [-0.15, -0.1) is 0 Å². The molecule has 394 valence electrons. The molecule has 8 amide bonds. The molecule has 2 aromatic rings. The fourth-order valence-electron chi connectivity index (χ4n) is 7.92. The van der Waals surface area contributed by atoms with Crippen molar-refractivity contribution in [2.24, 2.45) is 0 Å². The van der Waals surface area contributed by atoms with E-state index in [4.69, 9.17) is 47.4 Å². The van der Waals surface area contributed by atoms with E-state index in [-0.39, 0.29) is 47.9 Å². The van der Waals surface area contributed by atoms with Crippen LogP contribution in [0.3, 0.4) is 0 Å². The minimum Gasteiger partial charge on any atom is -0.382 e. The van der Waals surface area contributed by atoms with Crippen molar-refractivity contribution in [2.75, 3.05) is 156 Å². The molecule has 4 aliphatic rings. The molecular weight excluding hydrogens is 949 g/mol. The highest BCUT2D eigenvalue weighted by Gasteiger charge is 2.47. The van der Waals surface area contributed by atoms with Crippen LogP contribution in [0.5, 0.6) is 0 Å². The molecule has 0 spiro atoms. The van der Waals surface area contributed by atoms with E-state index >= 15 is 0 Å². The maximum atomic E-state index is 13.2. The standard InChI is InChI=1S/C48H64N6O18/c55-39-9-7-37(43(57)51-39)53-45(59)33-3-1-5-35(41(33)47(53)61)49-11-13-63-15-17-65-19-21-67-23-25-69-27-29-71-31-32-72-30-28-70-26-24-68-22-20-66-18-16-64-14-12-50-36-6-2-4-34-42(36)48(62)54(46(34)60)38-8-10-40(56)52-44(38)58/h1-6,37-38,49-50H,7-32H2,(H,51,55,57)(H,52,56,58). The number of piperidine rings is 2. The summed E-state index contributed by atoms with van der Waals surface area (Å²) in [6, 6.07) is 7.73. The fourth-order valence-corrected chi connectivity index (χ4v) is 7.92. The molecule has 4 heterocycles. The van der Waals surface area contributed by atoms with E-state index in [0.29, 0.717) is 157 Å². The highest BCUT2D eigenvalue weighted by Crippen LogP contribution is 2.34. The van der Waals surface area contributed by atoms with Gasteiger partial charge in [-0.1, -0.05) is 12.1 Å². The summed E-state index contributed by atoms with van der Waals surface area (Å²) >= 11 is 0. The van der Waals surface area contributed by atoms with Gasteiger partial charge in [0.15, 0.2) is 0 Å². The molecule has 0 bridgehead atoms. The summed E-state index contributed by atoms with van der Waals surface area (Å²) in [6.45, 7) is 8.71. The number of carbonyl (C=O) groups is 8. The van der Waals surface area contributed by atoms with Gasteiger partial charge in [-0.05, 0) is 37.1 Å². The Labute approximate surface area is 416 Å². The first kappa shape index (κ1) is 55.5. The minimum atomic E-state index is -1.02. The number of carbonyl (C=O) groups excluding carboxylic acids is 8. The van der Waals surface area contributed by atoms with Crippen molar-refractivity contribution >= 4 is 58.6 Å². The van der Waals surface area contributed by atoms with Crippen LogP contribution in [0.25, 0.3) is 0 Å². The molecule has 0 saturated carbocycles. The highest BCUT2D eigenvalue weighted by atomic mass is 16.6. The van der Waals surface area contributed by atoms with E-state index in [0.717, 1.165) is 9.80 Å². The van der Waals surface area contributed by atoms with Crippen molar-refractivity contribution in [1.29, 1.82) is 0 Å². The topological polar surface area (TPSA) is 283 Å². The number of hydrogen-bond acceptors (Lipinski definition) is 20. The second-order valence-electron chi connectivity index (χ2n) is 16.3. The first-order chi connectivity index (χ1) is 35.2. The summed E-state index contributed by atoms with van der Waals surface area (Å²) in [5.74, 6) is -4.42. The number of benzene rings is 2. The Morgan fingerprint density at radius 1 is 0.389 bits per heavy atom.